The molecule has 0 radical (unpaired) electrons. The minimum Gasteiger partial charge on any atom is -0.465 e. The van der Waals surface area contributed by atoms with Crippen LogP contribution in [0, 0.1) is 10.1 Å². The van der Waals surface area contributed by atoms with E-state index in [1.54, 1.807) is 29.3 Å². The third kappa shape index (κ3) is 5.80. The molecule has 3 aromatic rings. The molecule has 0 aliphatic rings. The number of hydrogen-bond acceptors (Lipinski definition) is 7. The zero-order valence-electron chi connectivity index (χ0n) is 17.1. The summed E-state index contributed by atoms with van der Waals surface area (Å²) in [7, 11) is 0. The van der Waals surface area contributed by atoms with Gasteiger partial charge in [0.05, 0.1) is 28.2 Å². The van der Waals surface area contributed by atoms with Crippen molar-refractivity contribution in [2.75, 3.05) is 12.4 Å². The number of benzene rings is 2. The number of nitro groups is 1. The van der Waals surface area contributed by atoms with Gasteiger partial charge in [-0.2, -0.15) is 4.99 Å². The molecule has 0 saturated carbocycles. The topological polar surface area (TPSA) is 104 Å². The van der Waals surface area contributed by atoms with Gasteiger partial charge in [-0.25, -0.2) is 0 Å². The number of thiazole rings is 1. The molecule has 162 valence electrons. The number of carbonyl (C=O) groups is 2. The van der Waals surface area contributed by atoms with Crippen LogP contribution in [0.4, 0.5) is 5.69 Å². The van der Waals surface area contributed by atoms with Crippen molar-refractivity contribution in [3.8, 4) is 0 Å². The first-order chi connectivity index (χ1) is 14.9. The number of nitrogens with zero attached hydrogens (tertiary/aromatic N) is 3. The third-order valence-electron chi connectivity index (χ3n) is 4.28. The van der Waals surface area contributed by atoms with E-state index in [1.807, 2.05) is 24.3 Å². The molecule has 3 rings (SSSR count). The molecule has 1 heterocycles. The summed E-state index contributed by atoms with van der Waals surface area (Å²) in [5, 5.41) is 11.1. The van der Waals surface area contributed by atoms with E-state index in [0.717, 1.165) is 27.5 Å². The van der Waals surface area contributed by atoms with Crippen LogP contribution in [0.15, 0.2) is 52.4 Å². The monoisotopic (exact) mass is 459 g/mol. The Labute approximate surface area is 186 Å². The summed E-state index contributed by atoms with van der Waals surface area (Å²) in [5.41, 5.74) is 1.35. The van der Waals surface area contributed by atoms with Crippen molar-refractivity contribution >= 4 is 50.9 Å². The quantitative estimate of drug-likeness (QED) is 0.219. The number of carbonyl (C=O) groups excluding carboxylic acids is 2. The molecule has 0 aliphatic heterocycles. The second kappa shape index (κ2) is 10.4. The van der Waals surface area contributed by atoms with Crippen LogP contribution < -0.4 is 4.80 Å². The van der Waals surface area contributed by atoms with Crippen molar-refractivity contribution in [1.29, 1.82) is 0 Å². The molecule has 2 aromatic carbocycles. The van der Waals surface area contributed by atoms with E-state index in [0.29, 0.717) is 15.0 Å². The Morgan fingerprint density at radius 2 is 1.94 bits per heavy atom. The number of ether oxygens (including phenoxy) is 1. The molecule has 0 bridgehead atoms. The maximum absolute atomic E-state index is 12.6. The molecule has 0 saturated heterocycles. The van der Waals surface area contributed by atoms with Gasteiger partial charge in [0.25, 0.3) is 11.6 Å². The minimum absolute atomic E-state index is 0.0695. The lowest BCUT2D eigenvalue weighted by Crippen LogP contribution is -2.23. The van der Waals surface area contributed by atoms with Crippen LogP contribution in [0.3, 0.4) is 0 Å². The summed E-state index contributed by atoms with van der Waals surface area (Å²) in [5.74, 6) is 0.131. The largest absolute Gasteiger partial charge is 0.465 e. The highest BCUT2D eigenvalue weighted by molar-refractivity contribution is 7.99. The molecule has 1 amide bonds. The highest BCUT2D eigenvalue weighted by Crippen LogP contribution is 2.23. The predicted molar refractivity (Wildman–Crippen MR) is 120 cm³/mol. The zero-order chi connectivity index (χ0) is 22.4. The van der Waals surface area contributed by atoms with E-state index in [4.69, 9.17) is 4.74 Å². The molecule has 10 heteroatoms. The molecule has 0 aliphatic carbocycles. The van der Waals surface area contributed by atoms with Crippen LogP contribution in [0.1, 0.15) is 19.4 Å². The average Bonchev–Trinajstić information content (AvgIpc) is 3.05. The third-order valence-corrected chi connectivity index (χ3v) is 6.22. The lowest BCUT2D eigenvalue weighted by atomic mass is 10.1. The van der Waals surface area contributed by atoms with Crippen molar-refractivity contribution in [2.45, 2.75) is 31.7 Å². The number of esters is 1. The van der Waals surface area contributed by atoms with E-state index in [-0.39, 0.29) is 31.2 Å². The van der Waals surface area contributed by atoms with Crippen LogP contribution in [-0.2, 0) is 27.3 Å². The van der Waals surface area contributed by atoms with Crippen molar-refractivity contribution in [1.82, 2.24) is 4.57 Å². The fourth-order valence-corrected chi connectivity index (χ4v) is 4.68. The van der Waals surface area contributed by atoms with Gasteiger partial charge in [0.15, 0.2) is 4.80 Å². The lowest BCUT2D eigenvalue weighted by molar-refractivity contribution is -0.384. The van der Waals surface area contributed by atoms with Crippen molar-refractivity contribution in [2.24, 2.45) is 4.99 Å². The second-order valence-electron chi connectivity index (χ2n) is 6.44. The number of fused-ring (bicyclic) bond motifs is 1. The van der Waals surface area contributed by atoms with Crippen LogP contribution in [0.2, 0.25) is 0 Å². The highest BCUT2D eigenvalue weighted by Gasteiger charge is 2.15. The van der Waals surface area contributed by atoms with Crippen LogP contribution in [0.5, 0.6) is 0 Å². The number of non-ortho nitro benzene ring substituents is 1. The Morgan fingerprint density at radius 3 is 2.58 bits per heavy atom. The van der Waals surface area contributed by atoms with Crippen LogP contribution in [-0.4, -0.2) is 33.7 Å². The summed E-state index contributed by atoms with van der Waals surface area (Å²) in [6, 6.07) is 12.1. The molecule has 0 spiro atoms. The maximum Gasteiger partial charge on any atom is 0.326 e. The molecule has 0 fully saturated rings. The van der Waals surface area contributed by atoms with Crippen molar-refractivity contribution < 1.29 is 19.2 Å². The molecular formula is C21H21N3O5S2. The van der Waals surface area contributed by atoms with Gasteiger partial charge >= 0.3 is 5.97 Å². The number of amides is 1. The molecule has 0 atom stereocenters. The molecule has 1 aromatic heterocycles. The summed E-state index contributed by atoms with van der Waals surface area (Å²) in [6.45, 7) is 3.87. The molecular weight excluding hydrogens is 438 g/mol. The first-order valence-corrected chi connectivity index (χ1v) is 11.4. The average molecular weight is 460 g/mol. The van der Waals surface area contributed by atoms with Crippen LogP contribution >= 0.6 is 23.1 Å². The Kier molecular flexibility index (Phi) is 7.59. The van der Waals surface area contributed by atoms with Crippen molar-refractivity contribution in [3.63, 3.8) is 0 Å². The van der Waals surface area contributed by atoms with Gasteiger partial charge in [0.2, 0.25) is 0 Å². The summed E-state index contributed by atoms with van der Waals surface area (Å²) in [6.07, 6.45) is 0.116. The van der Waals surface area contributed by atoms with Gasteiger partial charge in [-0.05, 0) is 36.4 Å². The number of hydrogen-bond donors (Lipinski definition) is 0. The predicted octanol–water partition coefficient (Wildman–Crippen LogP) is 3.96. The molecule has 8 nitrogen and oxygen atoms in total. The Hall–Kier alpha value is -2.98. The van der Waals surface area contributed by atoms with Gasteiger partial charge in [0, 0.05) is 17.0 Å². The van der Waals surface area contributed by atoms with Gasteiger partial charge in [-0.3, -0.25) is 19.7 Å². The SMILES string of the molecule is CCOC(=O)Cn1c(=NC(=O)Cc2ccc(SCC)cc2)sc2cc([N+](=O)[O-])ccc21. The standard InChI is InChI=1S/C21H21N3O5S2/c1-3-29-20(26)13-23-17-10-7-15(24(27)28)12-18(17)31-21(23)22-19(25)11-14-5-8-16(9-6-14)30-4-2/h5-10,12H,3-4,11,13H2,1-2H3. The Morgan fingerprint density at radius 1 is 1.19 bits per heavy atom. The molecule has 0 unspecified atom stereocenters. The van der Waals surface area contributed by atoms with Gasteiger partial charge in [-0.1, -0.05) is 30.4 Å². The Balaban J connectivity index is 1.95. The first-order valence-electron chi connectivity index (χ1n) is 9.64. The summed E-state index contributed by atoms with van der Waals surface area (Å²) < 4.78 is 7.14. The summed E-state index contributed by atoms with van der Waals surface area (Å²) >= 11 is 2.84. The molecule has 0 N–H and O–H groups in total. The smallest absolute Gasteiger partial charge is 0.326 e. The van der Waals surface area contributed by atoms with Gasteiger partial charge < -0.3 is 9.30 Å². The number of thioether (sulfide) groups is 1. The van der Waals surface area contributed by atoms with Crippen LogP contribution in [0.25, 0.3) is 10.2 Å². The van der Waals surface area contributed by atoms with E-state index in [2.05, 4.69) is 11.9 Å². The molecule has 31 heavy (non-hydrogen) atoms. The lowest BCUT2D eigenvalue weighted by Gasteiger charge is -2.05. The Bertz CT molecular complexity index is 1180. The zero-order valence-corrected chi connectivity index (χ0v) is 18.7. The number of nitro benzene ring substituents is 1. The van der Waals surface area contributed by atoms with E-state index >= 15 is 0 Å². The fraction of sp³-hybridized carbons (Fsp3) is 0.286. The minimum atomic E-state index is -0.489. The highest BCUT2D eigenvalue weighted by atomic mass is 32.2. The summed E-state index contributed by atoms with van der Waals surface area (Å²) in [4.78, 5) is 40.9. The first kappa shape index (κ1) is 22.7. The maximum atomic E-state index is 12.6. The number of aromatic nitrogens is 1. The van der Waals surface area contributed by atoms with E-state index in [1.165, 1.54) is 12.1 Å². The normalized spacial score (nSPS) is 11.6. The second-order valence-corrected chi connectivity index (χ2v) is 8.79. The van der Waals surface area contributed by atoms with E-state index in [9.17, 15) is 19.7 Å². The number of rotatable bonds is 8. The fourth-order valence-electron chi connectivity index (χ4n) is 2.94. The van der Waals surface area contributed by atoms with Gasteiger partial charge in [0.1, 0.15) is 6.54 Å². The van der Waals surface area contributed by atoms with Gasteiger partial charge in [-0.15, -0.1) is 11.8 Å². The van der Waals surface area contributed by atoms with E-state index < -0.39 is 10.9 Å². The van der Waals surface area contributed by atoms with Crippen molar-refractivity contribution in [3.05, 3.63) is 62.9 Å².